The van der Waals surface area contributed by atoms with Crippen molar-refractivity contribution in [3.63, 3.8) is 0 Å². The predicted molar refractivity (Wildman–Crippen MR) is 88.7 cm³/mol. The Morgan fingerprint density at radius 2 is 1.83 bits per heavy atom. The largest absolute Gasteiger partial charge is 0.496 e. The second-order valence-corrected chi connectivity index (χ2v) is 7.60. The van der Waals surface area contributed by atoms with Crippen molar-refractivity contribution < 1.29 is 17.9 Å². The number of rotatable bonds is 5. The molecule has 0 aliphatic carbocycles. The summed E-state index contributed by atoms with van der Waals surface area (Å²) in [6.07, 6.45) is 0. The number of ether oxygens (including phenoxy) is 1. The first-order valence-corrected chi connectivity index (χ1v) is 9.15. The Kier molecular flexibility index (Phi) is 5.51. The molecule has 0 heterocycles. The van der Waals surface area contributed by atoms with Gasteiger partial charge in [-0.25, -0.2) is 8.42 Å². The molecule has 23 heavy (non-hydrogen) atoms. The summed E-state index contributed by atoms with van der Waals surface area (Å²) in [7, 11) is 2.93. The maximum Gasteiger partial charge on any atom is 0.261 e. The average Bonchev–Trinajstić information content (AvgIpc) is 2.52. The van der Waals surface area contributed by atoms with Crippen LogP contribution in [0, 0.1) is 0 Å². The number of methoxy groups -OCH3 is 1. The van der Waals surface area contributed by atoms with Gasteiger partial charge < -0.3 is 10.1 Å². The van der Waals surface area contributed by atoms with Crippen LogP contribution in [0.15, 0.2) is 47.4 Å². The van der Waals surface area contributed by atoms with E-state index >= 15 is 0 Å². The van der Waals surface area contributed by atoms with Crippen molar-refractivity contribution in [2.24, 2.45) is 0 Å². The van der Waals surface area contributed by atoms with E-state index < -0.39 is 9.05 Å². The van der Waals surface area contributed by atoms with E-state index in [2.05, 4.69) is 5.32 Å². The molecule has 0 saturated heterocycles. The molecule has 5 nitrogen and oxygen atoms in total. The van der Waals surface area contributed by atoms with Gasteiger partial charge in [0.05, 0.1) is 12.0 Å². The molecule has 0 saturated carbocycles. The maximum atomic E-state index is 12.1. The van der Waals surface area contributed by atoms with Gasteiger partial charge in [0.1, 0.15) is 5.75 Å². The van der Waals surface area contributed by atoms with Crippen LogP contribution in [-0.2, 0) is 15.6 Å². The summed E-state index contributed by atoms with van der Waals surface area (Å²) < 4.78 is 28.0. The van der Waals surface area contributed by atoms with Gasteiger partial charge in [-0.15, -0.1) is 0 Å². The first-order valence-electron chi connectivity index (χ1n) is 6.46. The molecule has 0 aliphatic heterocycles. The van der Waals surface area contributed by atoms with Crippen LogP contribution in [0.25, 0.3) is 0 Å². The van der Waals surface area contributed by atoms with Crippen LogP contribution in [0.1, 0.15) is 15.9 Å². The third-order valence-electron chi connectivity index (χ3n) is 3.08. The van der Waals surface area contributed by atoms with Crippen LogP contribution in [0.5, 0.6) is 5.75 Å². The molecule has 2 aromatic carbocycles. The zero-order chi connectivity index (χ0) is 17.0. The molecule has 0 spiro atoms. The highest BCUT2D eigenvalue weighted by molar-refractivity contribution is 8.13. The fourth-order valence-corrected chi connectivity index (χ4v) is 2.85. The number of carbonyl (C=O) groups is 1. The van der Waals surface area contributed by atoms with Crippen LogP contribution in [0.4, 0.5) is 0 Å². The number of benzene rings is 2. The van der Waals surface area contributed by atoms with Gasteiger partial charge >= 0.3 is 0 Å². The molecule has 8 heteroatoms. The fraction of sp³-hybridized carbons (Fsp3) is 0.133. The molecule has 0 bridgehead atoms. The molecule has 0 fully saturated rings. The van der Waals surface area contributed by atoms with Gasteiger partial charge in [0.25, 0.3) is 15.0 Å². The Morgan fingerprint density at radius 1 is 1.17 bits per heavy atom. The van der Waals surface area contributed by atoms with Crippen molar-refractivity contribution in [2.75, 3.05) is 7.11 Å². The lowest BCUT2D eigenvalue weighted by Crippen LogP contribution is -2.23. The van der Waals surface area contributed by atoms with E-state index in [4.69, 9.17) is 27.0 Å². The molecule has 2 rings (SSSR count). The van der Waals surface area contributed by atoms with Crippen LogP contribution in [0.2, 0.25) is 5.02 Å². The van der Waals surface area contributed by atoms with E-state index in [1.54, 1.807) is 24.3 Å². The lowest BCUT2D eigenvalue weighted by Gasteiger charge is -2.11. The molecule has 1 N–H and O–H groups in total. The van der Waals surface area contributed by atoms with Crippen molar-refractivity contribution in [1.82, 2.24) is 5.32 Å². The van der Waals surface area contributed by atoms with Crippen molar-refractivity contribution in [2.45, 2.75) is 11.4 Å². The first kappa shape index (κ1) is 17.6. The van der Waals surface area contributed by atoms with Crippen LogP contribution >= 0.6 is 22.3 Å². The SMILES string of the molecule is COc1ccc(S(=O)(=O)Cl)cc1CNC(=O)c1ccc(Cl)cc1. The van der Waals surface area contributed by atoms with Crippen molar-refractivity contribution >= 4 is 37.2 Å². The lowest BCUT2D eigenvalue weighted by atomic mass is 10.1. The second-order valence-electron chi connectivity index (χ2n) is 4.60. The predicted octanol–water partition coefficient (Wildman–Crippen LogP) is 3.21. The zero-order valence-electron chi connectivity index (χ0n) is 12.0. The van der Waals surface area contributed by atoms with E-state index in [9.17, 15) is 13.2 Å². The molecular formula is C15H13Cl2NO4S. The number of hydrogen-bond donors (Lipinski definition) is 1. The smallest absolute Gasteiger partial charge is 0.261 e. The number of hydrogen-bond acceptors (Lipinski definition) is 4. The van der Waals surface area contributed by atoms with E-state index in [-0.39, 0.29) is 17.3 Å². The van der Waals surface area contributed by atoms with Crippen molar-refractivity contribution in [1.29, 1.82) is 0 Å². The summed E-state index contributed by atoms with van der Waals surface area (Å²) in [6, 6.07) is 10.6. The van der Waals surface area contributed by atoms with Crippen LogP contribution < -0.4 is 10.1 Å². The van der Waals surface area contributed by atoms with Gasteiger partial charge in [-0.05, 0) is 42.5 Å². The van der Waals surface area contributed by atoms with Gasteiger partial charge in [-0.1, -0.05) is 11.6 Å². The maximum absolute atomic E-state index is 12.1. The highest BCUT2D eigenvalue weighted by atomic mass is 35.7. The van der Waals surface area contributed by atoms with Gasteiger partial charge in [0.2, 0.25) is 0 Å². The van der Waals surface area contributed by atoms with E-state index in [0.717, 1.165) is 0 Å². The molecule has 0 atom stereocenters. The summed E-state index contributed by atoms with van der Waals surface area (Å²) in [4.78, 5) is 12.0. The average molecular weight is 374 g/mol. The van der Waals surface area contributed by atoms with Gasteiger partial charge in [-0.3, -0.25) is 4.79 Å². The molecule has 1 amide bonds. The van der Waals surface area contributed by atoms with E-state index in [1.165, 1.54) is 25.3 Å². The molecule has 0 aromatic heterocycles. The fourth-order valence-electron chi connectivity index (χ4n) is 1.92. The van der Waals surface area contributed by atoms with Gasteiger partial charge in [0, 0.05) is 33.4 Å². The number of carbonyl (C=O) groups excluding carboxylic acids is 1. The summed E-state index contributed by atoms with van der Waals surface area (Å²) in [5, 5.41) is 3.22. The first-order chi connectivity index (χ1) is 10.8. The Hall–Kier alpha value is -1.76. The van der Waals surface area contributed by atoms with Crippen molar-refractivity contribution in [3.05, 3.63) is 58.6 Å². The number of nitrogens with one attached hydrogen (secondary N) is 1. The Balaban J connectivity index is 2.19. The topological polar surface area (TPSA) is 72.5 Å². The monoisotopic (exact) mass is 373 g/mol. The van der Waals surface area contributed by atoms with E-state index in [0.29, 0.717) is 21.9 Å². The third-order valence-corrected chi connectivity index (χ3v) is 4.68. The quantitative estimate of drug-likeness (QED) is 0.816. The minimum absolute atomic E-state index is 0.0595. The molecule has 0 unspecified atom stereocenters. The van der Waals surface area contributed by atoms with Crippen molar-refractivity contribution in [3.8, 4) is 5.75 Å². The summed E-state index contributed by atoms with van der Waals surface area (Å²) in [5.74, 6) is 0.133. The van der Waals surface area contributed by atoms with Gasteiger partial charge in [0.15, 0.2) is 0 Å². The number of halogens is 2. The summed E-state index contributed by atoms with van der Waals surface area (Å²) >= 11 is 5.77. The Morgan fingerprint density at radius 3 is 2.39 bits per heavy atom. The zero-order valence-corrected chi connectivity index (χ0v) is 14.4. The molecule has 122 valence electrons. The minimum atomic E-state index is -3.86. The number of amides is 1. The molecular weight excluding hydrogens is 361 g/mol. The highest BCUT2D eigenvalue weighted by Crippen LogP contribution is 2.24. The highest BCUT2D eigenvalue weighted by Gasteiger charge is 2.14. The minimum Gasteiger partial charge on any atom is -0.496 e. The normalized spacial score (nSPS) is 11.1. The summed E-state index contributed by atoms with van der Waals surface area (Å²) in [5.41, 5.74) is 0.936. The third kappa shape index (κ3) is 4.60. The van der Waals surface area contributed by atoms with Crippen LogP contribution in [-0.4, -0.2) is 21.4 Å². The Labute approximate surface area is 143 Å². The molecule has 0 radical (unpaired) electrons. The molecule has 2 aromatic rings. The lowest BCUT2D eigenvalue weighted by molar-refractivity contribution is 0.0950. The molecule has 0 aliphatic rings. The van der Waals surface area contributed by atoms with Crippen LogP contribution in [0.3, 0.4) is 0 Å². The van der Waals surface area contributed by atoms with E-state index in [1.807, 2.05) is 0 Å². The second kappa shape index (κ2) is 7.21. The standard InChI is InChI=1S/C15H13Cl2NO4S/c1-22-14-7-6-13(23(17,20)21)8-11(14)9-18-15(19)10-2-4-12(16)5-3-10/h2-8H,9H2,1H3,(H,18,19). The van der Waals surface area contributed by atoms with Gasteiger partial charge in [-0.2, -0.15) is 0 Å². The Bertz CT molecular complexity index is 820. The summed E-state index contributed by atoms with van der Waals surface area (Å²) in [6.45, 7) is 0.0882.